The van der Waals surface area contributed by atoms with Gasteiger partial charge in [0.25, 0.3) is 5.91 Å². The van der Waals surface area contributed by atoms with E-state index >= 15 is 0 Å². The number of amides is 1. The molecule has 0 atom stereocenters. The molecule has 1 aromatic carbocycles. The average Bonchev–Trinajstić information content (AvgIpc) is 2.80. The topological polar surface area (TPSA) is 71.5 Å². The number of carbonyl (C=O) groups excluding carboxylic acids is 1. The first kappa shape index (κ1) is 18.9. The lowest BCUT2D eigenvalue weighted by Crippen LogP contribution is -2.49. The molecule has 0 spiro atoms. The molecule has 0 aliphatic carbocycles. The predicted molar refractivity (Wildman–Crippen MR) is 111 cm³/mol. The number of piperazine rings is 1. The Morgan fingerprint density at radius 1 is 1.00 bits per heavy atom. The number of aromatic nitrogens is 3. The fourth-order valence-corrected chi connectivity index (χ4v) is 3.36. The van der Waals surface area contributed by atoms with E-state index in [0.29, 0.717) is 25.4 Å². The van der Waals surface area contributed by atoms with E-state index in [-0.39, 0.29) is 5.91 Å². The molecular weight excluding hydrogens is 366 g/mol. The highest BCUT2D eigenvalue weighted by Gasteiger charge is 2.23. The lowest BCUT2D eigenvalue weighted by atomic mass is 10.1. The van der Waals surface area contributed by atoms with E-state index in [4.69, 9.17) is 4.74 Å². The average molecular weight is 389 g/mol. The van der Waals surface area contributed by atoms with Crippen molar-refractivity contribution in [3.8, 4) is 17.0 Å². The van der Waals surface area contributed by atoms with Gasteiger partial charge in [0.1, 0.15) is 23.6 Å². The Morgan fingerprint density at radius 2 is 1.79 bits per heavy atom. The predicted octanol–water partition coefficient (Wildman–Crippen LogP) is 2.90. The molecule has 3 heterocycles. The molecule has 2 aromatic heterocycles. The van der Waals surface area contributed by atoms with Crippen molar-refractivity contribution < 1.29 is 9.53 Å². The molecule has 7 heteroatoms. The van der Waals surface area contributed by atoms with Crippen molar-refractivity contribution >= 4 is 11.7 Å². The highest BCUT2D eigenvalue weighted by atomic mass is 16.5. The Labute approximate surface area is 170 Å². The summed E-state index contributed by atoms with van der Waals surface area (Å²) in [6.07, 6.45) is 3.24. The Bertz CT molecular complexity index is 954. The molecule has 0 N–H and O–H groups in total. The third kappa shape index (κ3) is 4.34. The number of hydrogen-bond acceptors (Lipinski definition) is 6. The van der Waals surface area contributed by atoms with Crippen LogP contribution in [0, 0.1) is 0 Å². The smallest absolute Gasteiger partial charge is 0.272 e. The first-order chi connectivity index (χ1) is 14.2. The van der Waals surface area contributed by atoms with Gasteiger partial charge in [0, 0.05) is 44.0 Å². The standard InChI is InChI=1S/C22H23N5O2/c1-2-29-18-8-6-17(7-9-18)20-15-21(25-16-24-20)26-11-13-27(14-12-26)22(28)19-5-3-4-10-23-19/h3-10,15-16H,2,11-14H2,1H3. The van der Waals surface area contributed by atoms with Gasteiger partial charge in [0.2, 0.25) is 0 Å². The van der Waals surface area contributed by atoms with E-state index in [0.717, 1.165) is 35.9 Å². The second-order valence-corrected chi connectivity index (χ2v) is 6.71. The van der Waals surface area contributed by atoms with E-state index in [1.54, 1.807) is 18.6 Å². The Morgan fingerprint density at radius 3 is 2.48 bits per heavy atom. The summed E-state index contributed by atoms with van der Waals surface area (Å²) in [6.45, 7) is 5.33. The van der Waals surface area contributed by atoms with Gasteiger partial charge < -0.3 is 14.5 Å². The molecule has 1 saturated heterocycles. The van der Waals surface area contributed by atoms with Crippen molar-refractivity contribution in [1.82, 2.24) is 19.9 Å². The van der Waals surface area contributed by atoms with Crippen LogP contribution in [0.25, 0.3) is 11.3 Å². The number of anilines is 1. The number of ether oxygens (including phenoxy) is 1. The largest absolute Gasteiger partial charge is 0.494 e. The van der Waals surface area contributed by atoms with Crippen molar-refractivity contribution in [2.75, 3.05) is 37.7 Å². The summed E-state index contributed by atoms with van der Waals surface area (Å²) in [5.74, 6) is 1.69. The second-order valence-electron chi connectivity index (χ2n) is 6.71. The van der Waals surface area contributed by atoms with E-state index < -0.39 is 0 Å². The molecule has 3 aromatic rings. The summed E-state index contributed by atoms with van der Waals surface area (Å²) in [4.78, 5) is 29.6. The van der Waals surface area contributed by atoms with E-state index in [2.05, 4.69) is 19.9 Å². The summed E-state index contributed by atoms with van der Waals surface area (Å²) in [6, 6.07) is 15.3. The quantitative estimate of drug-likeness (QED) is 0.668. The molecule has 1 amide bonds. The zero-order valence-electron chi connectivity index (χ0n) is 16.4. The third-order valence-electron chi connectivity index (χ3n) is 4.89. The van der Waals surface area contributed by atoms with Gasteiger partial charge in [0.05, 0.1) is 12.3 Å². The number of pyridine rings is 1. The van der Waals surface area contributed by atoms with E-state index in [1.807, 2.05) is 54.3 Å². The van der Waals surface area contributed by atoms with Crippen LogP contribution >= 0.6 is 0 Å². The number of carbonyl (C=O) groups is 1. The van der Waals surface area contributed by atoms with Crippen LogP contribution in [0.3, 0.4) is 0 Å². The summed E-state index contributed by atoms with van der Waals surface area (Å²) in [5, 5.41) is 0. The number of benzene rings is 1. The van der Waals surface area contributed by atoms with Crippen LogP contribution in [-0.4, -0.2) is 58.5 Å². The molecule has 0 unspecified atom stereocenters. The normalized spacial score (nSPS) is 14.0. The second kappa shape index (κ2) is 8.68. The zero-order valence-corrected chi connectivity index (χ0v) is 16.4. The van der Waals surface area contributed by atoms with Gasteiger partial charge in [0.15, 0.2) is 0 Å². The molecular formula is C22H23N5O2. The first-order valence-electron chi connectivity index (χ1n) is 9.75. The van der Waals surface area contributed by atoms with Gasteiger partial charge in [-0.05, 0) is 43.3 Å². The van der Waals surface area contributed by atoms with E-state index in [1.165, 1.54) is 0 Å². The number of nitrogens with zero attached hydrogens (tertiary/aromatic N) is 5. The maximum Gasteiger partial charge on any atom is 0.272 e. The maximum absolute atomic E-state index is 12.6. The number of hydrogen-bond donors (Lipinski definition) is 0. The summed E-state index contributed by atoms with van der Waals surface area (Å²) in [7, 11) is 0. The lowest BCUT2D eigenvalue weighted by Gasteiger charge is -2.35. The number of rotatable bonds is 5. The molecule has 1 aliphatic rings. The maximum atomic E-state index is 12.6. The zero-order chi connectivity index (χ0) is 20.1. The van der Waals surface area contributed by atoms with Crippen LogP contribution < -0.4 is 9.64 Å². The molecule has 1 fully saturated rings. The minimum absolute atomic E-state index is 0.0250. The molecule has 0 saturated carbocycles. The summed E-state index contributed by atoms with van der Waals surface area (Å²) >= 11 is 0. The van der Waals surface area contributed by atoms with Gasteiger partial charge in [-0.3, -0.25) is 9.78 Å². The van der Waals surface area contributed by atoms with Crippen molar-refractivity contribution in [3.05, 3.63) is 66.7 Å². The van der Waals surface area contributed by atoms with Crippen molar-refractivity contribution in [1.29, 1.82) is 0 Å². The highest BCUT2D eigenvalue weighted by Crippen LogP contribution is 2.24. The van der Waals surface area contributed by atoms with Crippen LogP contribution in [0.4, 0.5) is 5.82 Å². The van der Waals surface area contributed by atoms with Crippen LogP contribution in [0.2, 0.25) is 0 Å². The molecule has 0 bridgehead atoms. The van der Waals surface area contributed by atoms with Crippen molar-refractivity contribution in [2.45, 2.75) is 6.92 Å². The molecule has 0 radical (unpaired) electrons. The van der Waals surface area contributed by atoms with E-state index in [9.17, 15) is 4.79 Å². The summed E-state index contributed by atoms with van der Waals surface area (Å²) < 4.78 is 5.50. The van der Waals surface area contributed by atoms with Gasteiger partial charge in [-0.25, -0.2) is 9.97 Å². The van der Waals surface area contributed by atoms with Crippen molar-refractivity contribution in [2.24, 2.45) is 0 Å². The Hall–Kier alpha value is -3.48. The fraction of sp³-hybridized carbons (Fsp3) is 0.273. The van der Waals surface area contributed by atoms with Gasteiger partial charge in [-0.2, -0.15) is 0 Å². The lowest BCUT2D eigenvalue weighted by molar-refractivity contribution is 0.0740. The minimum Gasteiger partial charge on any atom is -0.494 e. The molecule has 29 heavy (non-hydrogen) atoms. The third-order valence-corrected chi connectivity index (χ3v) is 4.89. The fourth-order valence-electron chi connectivity index (χ4n) is 3.36. The van der Waals surface area contributed by atoms with Gasteiger partial charge in [-0.15, -0.1) is 0 Å². The minimum atomic E-state index is -0.0250. The van der Waals surface area contributed by atoms with Crippen LogP contribution in [-0.2, 0) is 0 Å². The molecule has 4 rings (SSSR count). The van der Waals surface area contributed by atoms with Crippen LogP contribution in [0.1, 0.15) is 17.4 Å². The highest BCUT2D eigenvalue weighted by molar-refractivity contribution is 5.92. The molecule has 1 aliphatic heterocycles. The SMILES string of the molecule is CCOc1ccc(-c2cc(N3CCN(C(=O)c4ccccn4)CC3)ncn2)cc1. The molecule has 7 nitrogen and oxygen atoms in total. The molecule has 148 valence electrons. The van der Waals surface area contributed by atoms with Gasteiger partial charge in [-0.1, -0.05) is 6.07 Å². The Kier molecular flexibility index (Phi) is 5.65. The Balaban J connectivity index is 1.42. The van der Waals surface area contributed by atoms with Crippen molar-refractivity contribution in [3.63, 3.8) is 0 Å². The first-order valence-corrected chi connectivity index (χ1v) is 9.75. The monoisotopic (exact) mass is 389 g/mol. The van der Waals surface area contributed by atoms with Crippen LogP contribution in [0.5, 0.6) is 5.75 Å². The van der Waals surface area contributed by atoms with Gasteiger partial charge >= 0.3 is 0 Å². The van der Waals surface area contributed by atoms with Crippen LogP contribution in [0.15, 0.2) is 61.1 Å². The summed E-state index contributed by atoms with van der Waals surface area (Å²) in [5.41, 5.74) is 2.37.